The summed E-state index contributed by atoms with van der Waals surface area (Å²) >= 11 is 0. The van der Waals surface area contributed by atoms with Gasteiger partial charge in [-0.1, -0.05) is 31.2 Å². The zero-order chi connectivity index (χ0) is 11.9. The van der Waals surface area contributed by atoms with Crippen molar-refractivity contribution in [3.8, 4) is 5.75 Å². The van der Waals surface area contributed by atoms with Crippen molar-refractivity contribution >= 4 is 0 Å². The van der Waals surface area contributed by atoms with Crippen LogP contribution in [-0.4, -0.2) is 12.6 Å². The second-order valence-electron chi connectivity index (χ2n) is 4.52. The van der Waals surface area contributed by atoms with Crippen molar-refractivity contribution in [2.75, 3.05) is 6.61 Å². The van der Waals surface area contributed by atoms with E-state index in [4.69, 9.17) is 4.74 Å². The van der Waals surface area contributed by atoms with Crippen LogP contribution >= 0.6 is 0 Å². The van der Waals surface area contributed by atoms with E-state index in [1.807, 2.05) is 6.07 Å². The molecule has 0 aliphatic heterocycles. The second kappa shape index (κ2) is 6.45. The third-order valence-electron chi connectivity index (χ3n) is 2.97. The summed E-state index contributed by atoms with van der Waals surface area (Å²) in [6, 6.07) is 8.99. The smallest absolute Gasteiger partial charge is 0.119 e. The Morgan fingerprint density at radius 3 is 2.88 bits per heavy atom. The number of hydrogen-bond acceptors (Lipinski definition) is 2. The van der Waals surface area contributed by atoms with E-state index in [-0.39, 0.29) is 0 Å². The van der Waals surface area contributed by atoms with Gasteiger partial charge in [0, 0.05) is 12.6 Å². The number of benzene rings is 1. The number of nitrogens with one attached hydrogen (secondary N) is 1. The Hall–Kier alpha value is -1.28. The van der Waals surface area contributed by atoms with E-state index in [9.17, 15) is 0 Å². The number of hydrogen-bond donors (Lipinski definition) is 1. The molecule has 1 N–H and O–H groups in total. The first-order chi connectivity index (χ1) is 8.38. The van der Waals surface area contributed by atoms with Gasteiger partial charge in [0.15, 0.2) is 0 Å². The van der Waals surface area contributed by atoms with Crippen LogP contribution in [0.3, 0.4) is 0 Å². The van der Waals surface area contributed by atoms with Gasteiger partial charge in [0.1, 0.15) is 5.75 Å². The summed E-state index contributed by atoms with van der Waals surface area (Å²) in [4.78, 5) is 0. The fourth-order valence-electron chi connectivity index (χ4n) is 2.01. The van der Waals surface area contributed by atoms with Crippen LogP contribution in [0.25, 0.3) is 0 Å². The summed E-state index contributed by atoms with van der Waals surface area (Å²) < 4.78 is 5.63. The maximum Gasteiger partial charge on any atom is 0.119 e. The van der Waals surface area contributed by atoms with Crippen LogP contribution in [0.4, 0.5) is 0 Å². The van der Waals surface area contributed by atoms with Crippen molar-refractivity contribution in [3.63, 3.8) is 0 Å². The minimum absolute atomic E-state index is 0.621. The Balaban J connectivity index is 1.82. The molecule has 92 valence electrons. The molecule has 1 aliphatic carbocycles. The quantitative estimate of drug-likeness (QED) is 0.759. The van der Waals surface area contributed by atoms with E-state index < -0.39 is 0 Å². The van der Waals surface area contributed by atoms with Crippen LogP contribution in [0.15, 0.2) is 36.4 Å². The average molecular weight is 231 g/mol. The lowest BCUT2D eigenvalue weighted by atomic mass is 10.2. The van der Waals surface area contributed by atoms with Gasteiger partial charge < -0.3 is 10.1 Å². The Bertz CT molecular complexity index is 365. The molecule has 0 amide bonds. The van der Waals surface area contributed by atoms with Crippen LogP contribution < -0.4 is 10.1 Å². The van der Waals surface area contributed by atoms with Gasteiger partial charge in [0.25, 0.3) is 0 Å². The van der Waals surface area contributed by atoms with E-state index in [1.54, 1.807) is 0 Å². The van der Waals surface area contributed by atoms with E-state index in [0.717, 1.165) is 38.2 Å². The summed E-state index contributed by atoms with van der Waals surface area (Å²) in [5.41, 5.74) is 1.30. The minimum Gasteiger partial charge on any atom is -0.494 e. The van der Waals surface area contributed by atoms with Gasteiger partial charge in [-0.2, -0.15) is 0 Å². The maximum atomic E-state index is 5.63. The number of rotatable bonds is 6. The molecule has 0 saturated heterocycles. The monoisotopic (exact) mass is 231 g/mol. The van der Waals surface area contributed by atoms with Crippen LogP contribution in [0.2, 0.25) is 0 Å². The molecule has 0 heterocycles. The molecule has 2 rings (SSSR count). The molecule has 0 saturated carbocycles. The molecule has 0 radical (unpaired) electrons. The molecule has 0 fully saturated rings. The summed E-state index contributed by atoms with van der Waals surface area (Å²) in [5.74, 6) is 0.982. The lowest BCUT2D eigenvalue weighted by Gasteiger charge is -2.12. The summed E-state index contributed by atoms with van der Waals surface area (Å²) in [6.45, 7) is 3.84. The Morgan fingerprint density at radius 2 is 2.12 bits per heavy atom. The highest BCUT2D eigenvalue weighted by Gasteiger charge is 2.08. The van der Waals surface area contributed by atoms with Gasteiger partial charge in [0.2, 0.25) is 0 Å². The van der Waals surface area contributed by atoms with Crippen LogP contribution in [-0.2, 0) is 6.54 Å². The Labute approximate surface area is 104 Å². The number of ether oxygens (including phenoxy) is 1. The zero-order valence-corrected chi connectivity index (χ0v) is 10.5. The molecule has 17 heavy (non-hydrogen) atoms. The maximum absolute atomic E-state index is 5.63. The summed E-state index contributed by atoms with van der Waals surface area (Å²) in [5, 5.41) is 3.56. The van der Waals surface area contributed by atoms with Crippen molar-refractivity contribution in [2.24, 2.45) is 0 Å². The van der Waals surface area contributed by atoms with Gasteiger partial charge in [-0.3, -0.25) is 0 Å². The van der Waals surface area contributed by atoms with Gasteiger partial charge >= 0.3 is 0 Å². The Morgan fingerprint density at radius 1 is 1.29 bits per heavy atom. The normalized spacial score (nSPS) is 15.4. The van der Waals surface area contributed by atoms with Gasteiger partial charge in [-0.15, -0.1) is 0 Å². The minimum atomic E-state index is 0.621. The molecule has 1 aromatic rings. The van der Waals surface area contributed by atoms with E-state index in [2.05, 4.69) is 42.6 Å². The van der Waals surface area contributed by atoms with E-state index in [1.165, 1.54) is 5.56 Å². The van der Waals surface area contributed by atoms with Crippen molar-refractivity contribution < 1.29 is 4.74 Å². The molecule has 2 nitrogen and oxygen atoms in total. The molecule has 1 aromatic carbocycles. The summed E-state index contributed by atoms with van der Waals surface area (Å²) in [6.07, 6.45) is 7.87. The fraction of sp³-hybridized carbons (Fsp3) is 0.467. The molecule has 0 atom stereocenters. The molecule has 0 unspecified atom stereocenters. The molecule has 2 heteroatoms. The Kier molecular flexibility index (Phi) is 4.63. The lowest BCUT2D eigenvalue weighted by molar-refractivity contribution is 0.317. The highest BCUT2D eigenvalue weighted by atomic mass is 16.5. The molecule has 1 aliphatic rings. The third-order valence-corrected chi connectivity index (χ3v) is 2.97. The van der Waals surface area contributed by atoms with Crippen molar-refractivity contribution in [3.05, 3.63) is 42.0 Å². The SMILES string of the molecule is CCCOc1cccc(CNC2CC=CC2)c1. The molecule has 0 bridgehead atoms. The first-order valence-corrected chi connectivity index (χ1v) is 6.48. The van der Waals surface area contributed by atoms with Crippen LogP contribution in [0, 0.1) is 0 Å². The third kappa shape index (κ3) is 3.90. The van der Waals surface area contributed by atoms with Gasteiger partial charge in [-0.05, 0) is 37.0 Å². The van der Waals surface area contributed by atoms with Crippen LogP contribution in [0.5, 0.6) is 5.75 Å². The lowest BCUT2D eigenvalue weighted by Crippen LogP contribution is -2.25. The highest BCUT2D eigenvalue weighted by Crippen LogP contribution is 2.15. The topological polar surface area (TPSA) is 21.3 Å². The molecule has 0 spiro atoms. The predicted molar refractivity (Wildman–Crippen MR) is 71.2 cm³/mol. The van der Waals surface area contributed by atoms with E-state index in [0.29, 0.717) is 6.04 Å². The molecular weight excluding hydrogens is 210 g/mol. The van der Waals surface area contributed by atoms with Gasteiger partial charge in [0.05, 0.1) is 6.61 Å². The first-order valence-electron chi connectivity index (χ1n) is 6.48. The fourth-order valence-corrected chi connectivity index (χ4v) is 2.01. The van der Waals surface area contributed by atoms with Crippen molar-refractivity contribution in [1.82, 2.24) is 5.32 Å². The second-order valence-corrected chi connectivity index (χ2v) is 4.52. The highest BCUT2D eigenvalue weighted by molar-refractivity contribution is 5.28. The molecule has 0 aromatic heterocycles. The molecular formula is C15H21NO. The van der Waals surface area contributed by atoms with Gasteiger partial charge in [-0.25, -0.2) is 0 Å². The van der Waals surface area contributed by atoms with E-state index >= 15 is 0 Å². The predicted octanol–water partition coefficient (Wildman–Crippen LogP) is 3.28. The first kappa shape index (κ1) is 12.2. The zero-order valence-electron chi connectivity index (χ0n) is 10.5. The average Bonchev–Trinajstić information content (AvgIpc) is 2.87. The standard InChI is InChI=1S/C15H21NO/c1-2-10-17-15-9-5-6-13(11-15)12-16-14-7-3-4-8-14/h3-6,9,11,14,16H,2,7-8,10,12H2,1H3. The largest absolute Gasteiger partial charge is 0.494 e. The van der Waals surface area contributed by atoms with Crippen molar-refractivity contribution in [1.29, 1.82) is 0 Å². The summed E-state index contributed by atoms with van der Waals surface area (Å²) in [7, 11) is 0. The van der Waals surface area contributed by atoms with Crippen molar-refractivity contribution in [2.45, 2.75) is 38.8 Å². The van der Waals surface area contributed by atoms with Crippen LogP contribution in [0.1, 0.15) is 31.7 Å².